The van der Waals surface area contributed by atoms with E-state index in [1.807, 2.05) is 16.8 Å². The van der Waals surface area contributed by atoms with Gasteiger partial charge in [0, 0.05) is 31.0 Å². The fourth-order valence-electron chi connectivity index (χ4n) is 4.73. The maximum atomic E-state index is 13.4. The van der Waals surface area contributed by atoms with E-state index < -0.39 is 17.7 Å². The van der Waals surface area contributed by atoms with Crippen molar-refractivity contribution in [1.82, 2.24) is 14.5 Å². The van der Waals surface area contributed by atoms with Crippen LogP contribution in [0.15, 0.2) is 66.8 Å². The van der Waals surface area contributed by atoms with Crippen molar-refractivity contribution in [3.8, 4) is 17.2 Å². The molecule has 0 radical (unpaired) electrons. The number of imidazole rings is 1. The van der Waals surface area contributed by atoms with E-state index in [2.05, 4.69) is 11.9 Å². The van der Waals surface area contributed by atoms with Crippen molar-refractivity contribution >= 4 is 17.4 Å². The first kappa shape index (κ1) is 27.8. The van der Waals surface area contributed by atoms with E-state index in [1.54, 1.807) is 56.0 Å². The molecule has 9 heteroatoms. The number of benzene rings is 2. The Morgan fingerprint density at radius 2 is 1.85 bits per heavy atom. The third-order valence-corrected chi connectivity index (χ3v) is 6.77. The van der Waals surface area contributed by atoms with Gasteiger partial charge in [-0.05, 0) is 42.7 Å². The molecule has 2 heterocycles. The minimum absolute atomic E-state index is 0.0227. The minimum atomic E-state index is -0.804. The number of amides is 1. The Morgan fingerprint density at radius 1 is 1.00 bits per heavy atom. The highest BCUT2D eigenvalue weighted by atomic mass is 16.5. The zero-order chi connectivity index (χ0) is 27.8. The molecular formula is C30H35N3O6. The van der Waals surface area contributed by atoms with Gasteiger partial charge in [0.15, 0.2) is 11.5 Å². The van der Waals surface area contributed by atoms with Crippen LogP contribution in [0.25, 0.3) is 5.76 Å². The van der Waals surface area contributed by atoms with Gasteiger partial charge in [-0.1, -0.05) is 38.0 Å². The van der Waals surface area contributed by atoms with Crippen LogP contribution >= 0.6 is 0 Å². The molecule has 9 nitrogen and oxygen atoms in total. The summed E-state index contributed by atoms with van der Waals surface area (Å²) in [6.07, 6.45) is 8.92. The number of aromatic nitrogens is 2. The van der Waals surface area contributed by atoms with Gasteiger partial charge in [-0.15, -0.1) is 0 Å². The number of ketones is 1. The lowest BCUT2D eigenvalue weighted by molar-refractivity contribution is -0.139. The molecule has 39 heavy (non-hydrogen) atoms. The number of nitrogens with zero attached hydrogens (tertiary/aromatic N) is 3. The summed E-state index contributed by atoms with van der Waals surface area (Å²) in [5.41, 5.74) is 1.05. The highest BCUT2D eigenvalue weighted by Gasteiger charge is 2.46. The zero-order valence-corrected chi connectivity index (χ0v) is 22.6. The number of carbonyl (C=O) groups is 2. The standard InChI is InChI=1S/C30H35N3O6/c1-4-5-6-17-39-24-12-11-21(19-25(24)38-3)27-26(28(34)22-9-7-10-23(18-22)37-2)29(35)30(36)33(27)15-8-14-32-16-13-31-20-32/h7,9-13,16,18-20,27,34H,4-6,8,14-15,17H2,1-3H3/b28-26+. The Kier molecular flexibility index (Phi) is 9.25. The fraction of sp³-hybridized carbons (Fsp3) is 0.367. The average molecular weight is 534 g/mol. The summed E-state index contributed by atoms with van der Waals surface area (Å²) in [6.45, 7) is 3.62. The normalized spacial score (nSPS) is 16.5. The summed E-state index contributed by atoms with van der Waals surface area (Å²) in [7, 11) is 3.08. The van der Waals surface area contributed by atoms with Gasteiger partial charge in [0.2, 0.25) is 0 Å². The molecule has 1 aliphatic rings. The smallest absolute Gasteiger partial charge is 0.295 e. The molecule has 3 aromatic rings. The molecule has 1 atom stereocenters. The van der Waals surface area contributed by atoms with Crippen LogP contribution in [-0.2, 0) is 16.1 Å². The Bertz CT molecular complexity index is 1320. The number of aryl methyl sites for hydroxylation is 1. The number of carbonyl (C=O) groups excluding carboxylic acids is 2. The monoisotopic (exact) mass is 533 g/mol. The largest absolute Gasteiger partial charge is 0.507 e. The Hall–Kier alpha value is -4.27. The number of aliphatic hydroxyl groups is 1. The second-order valence-corrected chi connectivity index (χ2v) is 9.34. The van der Waals surface area contributed by atoms with Gasteiger partial charge in [0.25, 0.3) is 11.7 Å². The van der Waals surface area contributed by atoms with Crippen molar-refractivity contribution in [3.05, 3.63) is 77.9 Å². The number of aliphatic hydroxyl groups excluding tert-OH is 1. The molecule has 0 spiro atoms. The predicted molar refractivity (Wildman–Crippen MR) is 147 cm³/mol. The highest BCUT2D eigenvalue weighted by molar-refractivity contribution is 6.46. The lowest BCUT2D eigenvalue weighted by Crippen LogP contribution is -2.31. The van der Waals surface area contributed by atoms with E-state index >= 15 is 0 Å². The van der Waals surface area contributed by atoms with Crippen LogP contribution in [0, 0.1) is 0 Å². The van der Waals surface area contributed by atoms with Crippen molar-refractivity contribution in [2.75, 3.05) is 27.4 Å². The summed E-state index contributed by atoms with van der Waals surface area (Å²) in [6, 6.07) is 11.3. The van der Waals surface area contributed by atoms with E-state index in [0.29, 0.717) is 54.5 Å². The molecule has 2 aromatic carbocycles. The molecular weight excluding hydrogens is 498 g/mol. The lowest BCUT2D eigenvalue weighted by Gasteiger charge is -2.26. The molecule has 1 aromatic heterocycles. The van der Waals surface area contributed by atoms with Crippen LogP contribution in [0.4, 0.5) is 0 Å². The number of rotatable bonds is 13. The number of ether oxygens (including phenoxy) is 3. The zero-order valence-electron chi connectivity index (χ0n) is 22.6. The molecule has 206 valence electrons. The molecule has 0 aliphatic carbocycles. The summed E-state index contributed by atoms with van der Waals surface area (Å²) in [5, 5.41) is 11.4. The lowest BCUT2D eigenvalue weighted by atomic mass is 9.95. The van der Waals surface area contributed by atoms with Gasteiger partial charge in [-0.2, -0.15) is 0 Å². The first-order chi connectivity index (χ1) is 19.0. The second-order valence-electron chi connectivity index (χ2n) is 9.34. The van der Waals surface area contributed by atoms with E-state index in [4.69, 9.17) is 14.2 Å². The summed E-state index contributed by atoms with van der Waals surface area (Å²) in [4.78, 5) is 32.3. The summed E-state index contributed by atoms with van der Waals surface area (Å²) >= 11 is 0. The van der Waals surface area contributed by atoms with Gasteiger partial charge >= 0.3 is 0 Å². The minimum Gasteiger partial charge on any atom is -0.507 e. The van der Waals surface area contributed by atoms with Crippen molar-refractivity contribution in [2.45, 2.75) is 45.2 Å². The third-order valence-electron chi connectivity index (χ3n) is 6.77. The second kappa shape index (κ2) is 13.0. The van der Waals surface area contributed by atoms with Gasteiger partial charge < -0.3 is 28.8 Å². The molecule has 1 saturated heterocycles. The number of Topliss-reactive ketones (excluding diaryl/α,β-unsaturated/α-hetero) is 1. The summed E-state index contributed by atoms with van der Waals surface area (Å²) in [5.74, 6) is -0.0445. The number of hydrogen-bond donors (Lipinski definition) is 1. The van der Waals surface area contributed by atoms with E-state index in [-0.39, 0.29) is 11.3 Å². The van der Waals surface area contributed by atoms with Gasteiger partial charge in [0.05, 0.1) is 38.8 Å². The highest BCUT2D eigenvalue weighted by Crippen LogP contribution is 2.42. The van der Waals surface area contributed by atoms with Gasteiger partial charge in [0.1, 0.15) is 11.5 Å². The Balaban J connectivity index is 1.72. The number of hydrogen-bond acceptors (Lipinski definition) is 7. The van der Waals surface area contributed by atoms with Crippen LogP contribution in [0.3, 0.4) is 0 Å². The number of methoxy groups -OCH3 is 2. The van der Waals surface area contributed by atoms with Crippen molar-refractivity contribution in [1.29, 1.82) is 0 Å². The van der Waals surface area contributed by atoms with Crippen LogP contribution in [-0.4, -0.2) is 58.6 Å². The number of likely N-dealkylation sites (tertiary alicyclic amines) is 1. The molecule has 1 amide bonds. The average Bonchev–Trinajstić information content (AvgIpc) is 3.57. The van der Waals surface area contributed by atoms with Crippen molar-refractivity contribution in [2.24, 2.45) is 0 Å². The first-order valence-electron chi connectivity index (χ1n) is 13.2. The fourth-order valence-corrected chi connectivity index (χ4v) is 4.73. The van der Waals surface area contributed by atoms with Crippen LogP contribution in [0.2, 0.25) is 0 Å². The Morgan fingerprint density at radius 3 is 2.56 bits per heavy atom. The molecule has 1 fully saturated rings. The van der Waals surface area contributed by atoms with Crippen molar-refractivity contribution in [3.63, 3.8) is 0 Å². The quantitative estimate of drug-likeness (QED) is 0.143. The molecule has 1 aliphatic heterocycles. The van der Waals surface area contributed by atoms with Gasteiger partial charge in [-0.3, -0.25) is 9.59 Å². The SMILES string of the molecule is CCCCCOc1ccc(C2/C(=C(\O)c3cccc(OC)c3)C(=O)C(=O)N2CCCn2ccnc2)cc1OC. The molecule has 1 unspecified atom stereocenters. The number of unbranched alkanes of at least 4 members (excludes halogenated alkanes) is 2. The van der Waals surface area contributed by atoms with Gasteiger partial charge in [-0.25, -0.2) is 4.98 Å². The van der Waals surface area contributed by atoms with E-state index in [9.17, 15) is 14.7 Å². The third kappa shape index (κ3) is 6.25. The van der Waals surface area contributed by atoms with E-state index in [1.165, 1.54) is 12.0 Å². The molecule has 1 N–H and O–H groups in total. The van der Waals surface area contributed by atoms with Crippen molar-refractivity contribution < 1.29 is 28.9 Å². The topological polar surface area (TPSA) is 103 Å². The molecule has 0 saturated carbocycles. The first-order valence-corrected chi connectivity index (χ1v) is 13.2. The maximum absolute atomic E-state index is 13.4. The van der Waals surface area contributed by atoms with E-state index in [0.717, 1.165) is 19.3 Å². The Labute approximate surface area is 228 Å². The van der Waals surface area contributed by atoms with Crippen LogP contribution in [0.5, 0.6) is 17.2 Å². The molecule has 4 rings (SSSR count). The maximum Gasteiger partial charge on any atom is 0.295 e. The van der Waals surface area contributed by atoms with Crippen LogP contribution in [0.1, 0.15) is 49.8 Å². The van der Waals surface area contributed by atoms with Crippen LogP contribution < -0.4 is 14.2 Å². The summed E-state index contributed by atoms with van der Waals surface area (Å²) < 4.78 is 18.8. The predicted octanol–water partition coefficient (Wildman–Crippen LogP) is 4.98. The molecule has 0 bridgehead atoms.